The summed E-state index contributed by atoms with van der Waals surface area (Å²) in [7, 11) is 0. The fourth-order valence-electron chi connectivity index (χ4n) is 2.04. The minimum Gasteiger partial charge on any atom is -0.378 e. The maximum Gasteiger partial charge on any atom is 0.0646 e. The number of nitrogens with zero attached hydrogens (tertiary/aromatic N) is 2. The number of ether oxygens (including phenoxy) is 1. The van der Waals surface area contributed by atoms with Crippen LogP contribution in [-0.4, -0.2) is 44.6 Å². The first-order valence-electron chi connectivity index (χ1n) is 4.71. The molecule has 0 radical (unpaired) electrons. The Morgan fingerprint density at radius 2 is 1.85 bits per heavy atom. The van der Waals surface area contributed by atoms with E-state index in [1.165, 1.54) is 19.4 Å². The standard InChI is InChI=1S/C8H14I2N2O/c9-11-3-1-2-7(11)8-6-13-5-4-12(8)10/h7-8H,1-6H2. The van der Waals surface area contributed by atoms with Crippen molar-refractivity contribution in [1.82, 2.24) is 6.23 Å². The highest BCUT2D eigenvalue weighted by Crippen LogP contribution is 2.29. The van der Waals surface area contributed by atoms with Crippen LogP contribution in [0.15, 0.2) is 0 Å². The topological polar surface area (TPSA) is 15.7 Å². The largest absolute Gasteiger partial charge is 0.378 e. The van der Waals surface area contributed by atoms with E-state index < -0.39 is 0 Å². The molecule has 0 aliphatic carbocycles. The van der Waals surface area contributed by atoms with Crippen LogP contribution in [0.25, 0.3) is 0 Å². The van der Waals surface area contributed by atoms with Crippen molar-refractivity contribution in [3.8, 4) is 0 Å². The molecule has 0 saturated carbocycles. The Hall–Kier alpha value is 1.34. The molecule has 0 amide bonds. The zero-order valence-corrected chi connectivity index (χ0v) is 11.8. The first-order valence-corrected chi connectivity index (χ1v) is 6.64. The molecule has 2 heterocycles. The van der Waals surface area contributed by atoms with Crippen LogP contribution in [0.2, 0.25) is 0 Å². The van der Waals surface area contributed by atoms with Gasteiger partial charge in [0.25, 0.3) is 0 Å². The lowest BCUT2D eigenvalue weighted by Crippen LogP contribution is -2.49. The quantitative estimate of drug-likeness (QED) is 0.487. The zero-order chi connectivity index (χ0) is 9.26. The highest BCUT2D eigenvalue weighted by molar-refractivity contribution is 14.1. The minimum absolute atomic E-state index is 0.605. The maximum absolute atomic E-state index is 5.54. The number of morpholine rings is 1. The lowest BCUT2D eigenvalue weighted by Gasteiger charge is -2.36. The lowest BCUT2D eigenvalue weighted by atomic mass is 10.1. The molecule has 2 saturated heterocycles. The summed E-state index contributed by atoms with van der Waals surface area (Å²) in [4.78, 5) is 0. The summed E-state index contributed by atoms with van der Waals surface area (Å²) >= 11 is 4.90. The van der Waals surface area contributed by atoms with E-state index in [9.17, 15) is 0 Å². The fraction of sp³-hybridized carbons (Fsp3) is 1.00. The molecule has 2 atom stereocenters. The van der Waals surface area contributed by atoms with Crippen molar-refractivity contribution < 1.29 is 4.74 Å². The first kappa shape index (κ1) is 10.8. The second-order valence-corrected chi connectivity index (χ2v) is 6.08. The van der Waals surface area contributed by atoms with Gasteiger partial charge in [0.1, 0.15) is 0 Å². The van der Waals surface area contributed by atoms with Gasteiger partial charge in [-0.25, -0.2) is 6.23 Å². The van der Waals surface area contributed by atoms with E-state index in [-0.39, 0.29) is 0 Å². The van der Waals surface area contributed by atoms with Gasteiger partial charge in [-0.2, -0.15) is 0 Å². The van der Waals surface area contributed by atoms with Gasteiger partial charge >= 0.3 is 0 Å². The van der Waals surface area contributed by atoms with E-state index in [0.29, 0.717) is 12.1 Å². The molecule has 2 rings (SSSR count). The Morgan fingerprint density at radius 1 is 1.08 bits per heavy atom. The average Bonchev–Trinajstić information content (AvgIpc) is 2.52. The van der Waals surface area contributed by atoms with Crippen LogP contribution in [-0.2, 0) is 4.74 Å². The highest BCUT2D eigenvalue weighted by atomic mass is 127. The molecule has 2 aliphatic heterocycles. The van der Waals surface area contributed by atoms with Gasteiger partial charge in [0.15, 0.2) is 0 Å². The summed E-state index contributed by atoms with van der Waals surface area (Å²) in [6, 6.07) is 1.31. The summed E-state index contributed by atoms with van der Waals surface area (Å²) in [6.45, 7) is 4.12. The molecule has 0 bridgehead atoms. The Kier molecular flexibility index (Phi) is 4.10. The molecule has 3 nitrogen and oxygen atoms in total. The SMILES string of the molecule is IN1CCCC1C1COCCN1I. The van der Waals surface area contributed by atoms with Crippen LogP contribution >= 0.6 is 45.7 Å². The van der Waals surface area contributed by atoms with Crippen LogP contribution < -0.4 is 0 Å². The van der Waals surface area contributed by atoms with Crippen molar-refractivity contribution >= 4 is 45.7 Å². The van der Waals surface area contributed by atoms with Crippen molar-refractivity contribution in [3.05, 3.63) is 0 Å². The molecule has 0 aromatic heterocycles. The van der Waals surface area contributed by atoms with Gasteiger partial charge < -0.3 is 4.74 Å². The van der Waals surface area contributed by atoms with Crippen LogP contribution in [0.5, 0.6) is 0 Å². The molecule has 0 aromatic rings. The van der Waals surface area contributed by atoms with Gasteiger partial charge in [0, 0.05) is 64.9 Å². The van der Waals surface area contributed by atoms with Gasteiger partial charge in [0.2, 0.25) is 0 Å². The monoisotopic (exact) mass is 408 g/mol. The molecule has 5 heteroatoms. The van der Waals surface area contributed by atoms with Crippen molar-refractivity contribution in [3.63, 3.8) is 0 Å². The van der Waals surface area contributed by atoms with E-state index in [2.05, 4.69) is 52.0 Å². The Balaban J connectivity index is 1.97. The molecule has 0 aromatic carbocycles. The third-order valence-corrected chi connectivity index (χ3v) is 5.17. The first-order chi connectivity index (χ1) is 6.29. The normalized spacial score (nSPS) is 38.3. The lowest BCUT2D eigenvalue weighted by molar-refractivity contribution is 0.0271. The summed E-state index contributed by atoms with van der Waals surface area (Å²) in [5.41, 5.74) is 0. The van der Waals surface area contributed by atoms with Gasteiger partial charge in [-0.05, 0) is 12.8 Å². The molecular weight excluding hydrogens is 394 g/mol. The van der Waals surface area contributed by atoms with Crippen molar-refractivity contribution in [2.45, 2.75) is 24.9 Å². The van der Waals surface area contributed by atoms with Crippen molar-refractivity contribution in [2.75, 3.05) is 26.3 Å². The molecule has 0 N–H and O–H groups in total. The molecule has 76 valence electrons. The van der Waals surface area contributed by atoms with E-state index in [0.717, 1.165) is 19.8 Å². The van der Waals surface area contributed by atoms with E-state index >= 15 is 0 Å². The maximum atomic E-state index is 5.54. The predicted octanol–water partition coefficient (Wildman–Crippen LogP) is 1.85. The highest BCUT2D eigenvalue weighted by Gasteiger charge is 2.35. The van der Waals surface area contributed by atoms with Gasteiger partial charge in [-0.3, -0.25) is 0 Å². The average molecular weight is 408 g/mol. The smallest absolute Gasteiger partial charge is 0.0646 e. The van der Waals surface area contributed by atoms with E-state index in [1.807, 2.05) is 0 Å². The molecule has 13 heavy (non-hydrogen) atoms. The summed E-state index contributed by atoms with van der Waals surface area (Å²) in [6.07, 6.45) is 2.67. The molecule has 2 unspecified atom stereocenters. The predicted molar refractivity (Wildman–Crippen MR) is 69.1 cm³/mol. The van der Waals surface area contributed by atoms with E-state index in [4.69, 9.17) is 4.74 Å². The summed E-state index contributed by atoms with van der Waals surface area (Å²) < 4.78 is 10.4. The Bertz CT molecular complexity index is 182. The fourth-order valence-corrected chi connectivity index (χ4v) is 3.76. The van der Waals surface area contributed by atoms with Crippen molar-refractivity contribution in [2.24, 2.45) is 0 Å². The number of halogens is 2. The Labute approximate surface area is 107 Å². The molecule has 2 aliphatic rings. The van der Waals surface area contributed by atoms with Crippen LogP contribution in [0.1, 0.15) is 12.8 Å². The molecule has 2 fully saturated rings. The zero-order valence-electron chi connectivity index (χ0n) is 7.46. The Morgan fingerprint density at radius 3 is 2.46 bits per heavy atom. The number of rotatable bonds is 1. The number of hydrogen-bond acceptors (Lipinski definition) is 3. The molecular formula is C8H14I2N2O. The van der Waals surface area contributed by atoms with Crippen molar-refractivity contribution in [1.29, 1.82) is 0 Å². The minimum atomic E-state index is 0.605. The van der Waals surface area contributed by atoms with E-state index in [1.54, 1.807) is 0 Å². The third kappa shape index (κ3) is 2.47. The second kappa shape index (κ2) is 4.91. The van der Waals surface area contributed by atoms with Crippen LogP contribution in [0, 0.1) is 0 Å². The number of hydrogen-bond donors (Lipinski definition) is 0. The third-order valence-electron chi connectivity index (χ3n) is 2.77. The van der Waals surface area contributed by atoms with Crippen LogP contribution in [0.3, 0.4) is 0 Å². The molecule has 0 spiro atoms. The van der Waals surface area contributed by atoms with Crippen LogP contribution in [0.4, 0.5) is 0 Å². The summed E-state index contributed by atoms with van der Waals surface area (Å²) in [5, 5.41) is 0. The van der Waals surface area contributed by atoms with Gasteiger partial charge in [-0.15, -0.1) is 0 Å². The van der Waals surface area contributed by atoms with Gasteiger partial charge in [-0.1, -0.05) is 0 Å². The second-order valence-electron chi connectivity index (χ2n) is 3.60. The van der Waals surface area contributed by atoms with Gasteiger partial charge in [0.05, 0.1) is 19.3 Å². The summed E-state index contributed by atoms with van der Waals surface area (Å²) in [5.74, 6) is 0.